The Kier molecular flexibility index (Phi) is 4.12. The summed E-state index contributed by atoms with van der Waals surface area (Å²) in [7, 11) is 1.56. The Labute approximate surface area is 150 Å². The first-order valence-corrected chi connectivity index (χ1v) is 8.55. The molecule has 1 saturated heterocycles. The van der Waals surface area contributed by atoms with Crippen molar-refractivity contribution in [1.82, 2.24) is 19.7 Å². The second kappa shape index (κ2) is 6.59. The van der Waals surface area contributed by atoms with Gasteiger partial charge in [-0.2, -0.15) is 5.10 Å². The Hall–Kier alpha value is -3.22. The van der Waals surface area contributed by atoms with Gasteiger partial charge in [0.05, 0.1) is 5.39 Å². The molecule has 0 aliphatic carbocycles. The third kappa shape index (κ3) is 2.81. The average Bonchev–Trinajstić information content (AvgIpc) is 2.71. The van der Waals surface area contributed by atoms with Crippen molar-refractivity contribution in [2.75, 3.05) is 31.1 Å². The summed E-state index contributed by atoms with van der Waals surface area (Å²) in [5.41, 5.74) is 1.21. The fourth-order valence-electron chi connectivity index (χ4n) is 3.31. The number of carbonyl (C=O) groups is 1. The number of fused-ring (bicyclic) bond motifs is 1. The number of hydrogen-bond donors (Lipinski definition) is 0. The van der Waals surface area contributed by atoms with Crippen LogP contribution in [-0.4, -0.2) is 51.8 Å². The normalized spacial score (nSPS) is 14.7. The molecule has 26 heavy (non-hydrogen) atoms. The summed E-state index contributed by atoms with van der Waals surface area (Å²) < 4.78 is 1.22. The maximum Gasteiger partial charge on any atom is 0.275 e. The van der Waals surface area contributed by atoms with Crippen LogP contribution in [0.3, 0.4) is 0 Å². The van der Waals surface area contributed by atoms with Crippen molar-refractivity contribution in [2.24, 2.45) is 7.05 Å². The van der Waals surface area contributed by atoms with Crippen molar-refractivity contribution in [3.05, 3.63) is 64.8 Å². The molecular weight excluding hydrogens is 330 g/mol. The molecule has 0 bridgehead atoms. The maximum absolute atomic E-state index is 13.0. The molecule has 0 N–H and O–H groups in total. The zero-order valence-electron chi connectivity index (χ0n) is 14.5. The minimum absolute atomic E-state index is 0.161. The number of aryl methyl sites for hydroxylation is 1. The highest BCUT2D eigenvalue weighted by Gasteiger charge is 2.25. The van der Waals surface area contributed by atoms with E-state index < -0.39 is 0 Å². The molecule has 1 aromatic carbocycles. The monoisotopic (exact) mass is 349 g/mol. The third-order valence-electron chi connectivity index (χ3n) is 4.74. The van der Waals surface area contributed by atoms with Crippen molar-refractivity contribution in [3.63, 3.8) is 0 Å². The molecule has 3 aromatic rings. The molecule has 0 saturated carbocycles. The number of anilines is 1. The van der Waals surface area contributed by atoms with Gasteiger partial charge in [0.15, 0.2) is 5.69 Å². The molecular formula is C19H19N5O2. The summed E-state index contributed by atoms with van der Waals surface area (Å²) in [5.74, 6) is -0.161. The molecule has 0 unspecified atom stereocenters. The molecule has 7 heteroatoms. The number of amides is 1. The maximum atomic E-state index is 13.0. The van der Waals surface area contributed by atoms with Crippen LogP contribution >= 0.6 is 0 Å². The first kappa shape index (κ1) is 16.3. The minimum atomic E-state index is -0.229. The average molecular weight is 349 g/mol. The van der Waals surface area contributed by atoms with Crippen molar-refractivity contribution < 1.29 is 4.79 Å². The molecule has 1 fully saturated rings. The van der Waals surface area contributed by atoms with Crippen molar-refractivity contribution in [3.8, 4) is 0 Å². The predicted octanol–water partition coefficient (Wildman–Crippen LogP) is 1.29. The lowest BCUT2D eigenvalue weighted by atomic mass is 10.1. The lowest BCUT2D eigenvalue weighted by Gasteiger charge is -2.36. The molecule has 3 heterocycles. The molecule has 0 radical (unpaired) electrons. The van der Waals surface area contributed by atoms with Crippen molar-refractivity contribution in [1.29, 1.82) is 0 Å². The highest BCUT2D eigenvalue weighted by atomic mass is 16.2. The largest absolute Gasteiger partial charge is 0.368 e. The Morgan fingerprint density at radius 2 is 1.73 bits per heavy atom. The van der Waals surface area contributed by atoms with Gasteiger partial charge in [0.2, 0.25) is 0 Å². The molecule has 2 aromatic heterocycles. The van der Waals surface area contributed by atoms with Crippen LogP contribution in [-0.2, 0) is 7.05 Å². The smallest absolute Gasteiger partial charge is 0.275 e. The van der Waals surface area contributed by atoms with Crippen LogP contribution in [0.5, 0.6) is 0 Å². The number of pyridine rings is 1. The Balaban J connectivity index is 1.59. The summed E-state index contributed by atoms with van der Waals surface area (Å²) in [6, 6.07) is 11.8. The van der Waals surface area contributed by atoms with E-state index in [-0.39, 0.29) is 17.2 Å². The van der Waals surface area contributed by atoms with E-state index in [0.717, 1.165) is 18.8 Å². The molecule has 1 aliphatic rings. The van der Waals surface area contributed by atoms with Crippen LogP contribution < -0.4 is 10.5 Å². The number of piperazine rings is 1. The fraction of sp³-hybridized carbons (Fsp3) is 0.263. The summed E-state index contributed by atoms with van der Waals surface area (Å²) in [5, 5.41) is 5.18. The number of rotatable bonds is 2. The van der Waals surface area contributed by atoms with Gasteiger partial charge < -0.3 is 9.80 Å². The quantitative estimate of drug-likeness (QED) is 0.697. The fourth-order valence-corrected chi connectivity index (χ4v) is 3.31. The van der Waals surface area contributed by atoms with Crippen LogP contribution in [0.1, 0.15) is 10.5 Å². The van der Waals surface area contributed by atoms with E-state index in [4.69, 9.17) is 0 Å². The molecule has 0 atom stereocenters. The van der Waals surface area contributed by atoms with Gasteiger partial charge in [-0.3, -0.25) is 14.6 Å². The van der Waals surface area contributed by atoms with Crippen LogP contribution in [0.2, 0.25) is 0 Å². The van der Waals surface area contributed by atoms with Crippen molar-refractivity contribution >= 4 is 22.4 Å². The Morgan fingerprint density at radius 3 is 2.46 bits per heavy atom. The van der Waals surface area contributed by atoms with Crippen LogP contribution in [0.4, 0.5) is 5.69 Å². The van der Waals surface area contributed by atoms with E-state index in [2.05, 4.69) is 27.1 Å². The topological polar surface area (TPSA) is 71.3 Å². The highest BCUT2D eigenvalue weighted by molar-refractivity contribution is 6.04. The zero-order valence-corrected chi connectivity index (χ0v) is 14.5. The standard InChI is InChI=1S/C19H19N5O2/c1-22-18(25)15-7-8-20-13-16(15)17(21-22)19(26)24-11-9-23(10-12-24)14-5-3-2-4-6-14/h2-8,13H,9-12H2,1H3. The van der Waals surface area contributed by atoms with Gasteiger partial charge >= 0.3 is 0 Å². The van der Waals surface area contributed by atoms with E-state index in [1.165, 1.54) is 10.9 Å². The van der Waals surface area contributed by atoms with Gasteiger partial charge in [0.1, 0.15) is 0 Å². The SMILES string of the molecule is Cn1nc(C(=O)N2CCN(c3ccccc3)CC2)c2cnccc2c1=O. The molecule has 0 spiro atoms. The van der Waals surface area contributed by atoms with Crippen LogP contribution in [0.15, 0.2) is 53.6 Å². The summed E-state index contributed by atoms with van der Waals surface area (Å²) in [6.45, 7) is 2.75. The van der Waals surface area contributed by atoms with Crippen molar-refractivity contribution in [2.45, 2.75) is 0 Å². The number of hydrogen-bond acceptors (Lipinski definition) is 5. The number of nitrogens with zero attached hydrogens (tertiary/aromatic N) is 5. The lowest BCUT2D eigenvalue weighted by Crippen LogP contribution is -2.49. The Bertz CT molecular complexity index is 1010. The van der Waals surface area contributed by atoms with E-state index in [1.807, 2.05) is 18.2 Å². The van der Waals surface area contributed by atoms with E-state index in [0.29, 0.717) is 23.9 Å². The van der Waals surface area contributed by atoms with Gasteiger partial charge in [-0.1, -0.05) is 18.2 Å². The van der Waals surface area contributed by atoms with Gasteiger partial charge in [-0.25, -0.2) is 4.68 Å². The summed E-state index contributed by atoms with van der Waals surface area (Å²) in [4.78, 5) is 33.4. The number of aromatic nitrogens is 3. The number of benzene rings is 1. The zero-order chi connectivity index (χ0) is 18.1. The first-order chi connectivity index (χ1) is 12.6. The van der Waals surface area contributed by atoms with Gasteiger partial charge in [-0.05, 0) is 18.2 Å². The number of carbonyl (C=O) groups excluding carboxylic acids is 1. The molecule has 7 nitrogen and oxygen atoms in total. The summed E-state index contributed by atoms with van der Waals surface area (Å²) in [6.07, 6.45) is 3.09. The second-order valence-corrected chi connectivity index (χ2v) is 6.31. The Morgan fingerprint density at radius 1 is 1.00 bits per heavy atom. The molecule has 132 valence electrons. The van der Waals surface area contributed by atoms with E-state index in [1.54, 1.807) is 24.2 Å². The van der Waals surface area contributed by atoms with Crippen LogP contribution in [0, 0.1) is 0 Å². The number of para-hydroxylation sites is 1. The van der Waals surface area contributed by atoms with Gasteiger partial charge in [-0.15, -0.1) is 0 Å². The molecule has 1 aliphatic heterocycles. The molecule has 1 amide bonds. The van der Waals surface area contributed by atoms with Gasteiger partial charge in [0, 0.05) is 56.7 Å². The lowest BCUT2D eigenvalue weighted by molar-refractivity contribution is 0.0740. The third-order valence-corrected chi connectivity index (χ3v) is 4.74. The van der Waals surface area contributed by atoms with E-state index in [9.17, 15) is 9.59 Å². The van der Waals surface area contributed by atoms with Gasteiger partial charge in [0.25, 0.3) is 11.5 Å². The summed E-state index contributed by atoms with van der Waals surface area (Å²) >= 11 is 0. The predicted molar refractivity (Wildman–Crippen MR) is 99.3 cm³/mol. The minimum Gasteiger partial charge on any atom is -0.368 e. The first-order valence-electron chi connectivity index (χ1n) is 8.55. The molecule has 4 rings (SSSR count). The van der Waals surface area contributed by atoms with E-state index >= 15 is 0 Å². The van der Waals surface area contributed by atoms with Crippen LogP contribution in [0.25, 0.3) is 10.8 Å². The second-order valence-electron chi connectivity index (χ2n) is 6.31. The highest BCUT2D eigenvalue weighted by Crippen LogP contribution is 2.18.